The molecular formula is C55H61F2N19O4. The predicted octanol–water partition coefficient (Wildman–Crippen LogP) is 7.13. The Morgan fingerprint density at radius 2 is 1.27 bits per heavy atom. The van der Waals surface area contributed by atoms with Crippen molar-refractivity contribution in [2.75, 3.05) is 54.9 Å². The van der Waals surface area contributed by atoms with E-state index < -0.39 is 22.8 Å². The number of piperidine rings is 1. The quantitative estimate of drug-likeness (QED) is 0.0844. The van der Waals surface area contributed by atoms with Gasteiger partial charge in [0.15, 0.2) is 34.9 Å². The Kier molecular flexibility index (Phi) is 13.8. The topological polar surface area (TPSA) is 257 Å². The van der Waals surface area contributed by atoms with Gasteiger partial charge in [-0.3, -0.25) is 19.8 Å². The maximum absolute atomic E-state index is 15.5. The van der Waals surface area contributed by atoms with Gasteiger partial charge in [-0.2, -0.15) is 25.4 Å². The average molecular weight is 1090 g/mol. The number of hydrogen-bond donors (Lipinski definition) is 4. The van der Waals surface area contributed by atoms with Gasteiger partial charge in [0.1, 0.15) is 34.4 Å². The summed E-state index contributed by atoms with van der Waals surface area (Å²) in [5.74, 6) is 3.56. The first-order valence-electron chi connectivity index (χ1n) is 27.0. The van der Waals surface area contributed by atoms with E-state index >= 15 is 4.39 Å². The molecule has 0 bridgehead atoms. The number of carbonyl (C=O) groups is 2. The molecule has 0 aromatic carbocycles. The molecular weight excluding hydrogens is 1030 g/mol. The SMILES string of the molecule is Cc1cc(Nc2cc(C)[nH]n2)nc(C2CCC3(CC2)OCCN(C(C)c2ccc(-n4cc(F)c(Cc5cc(Nc6cc(C)nc(N7CCC8(CC7)OCCN(C(C)c7ccc(-n9cc(F)cn9)nc7)C8=O)n6)n[nH]5)n4)nc2)C3=O)n1. The van der Waals surface area contributed by atoms with Crippen LogP contribution in [0.25, 0.3) is 11.6 Å². The van der Waals surface area contributed by atoms with Crippen molar-refractivity contribution in [3.05, 3.63) is 137 Å². The Balaban J connectivity index is 0.638. The Hall–Kier alpha value is -8.58. The number of amides is 2. The minimum atomic E-state index is -0.974. The van der Waals surface area contributed by atoms with Crippen LogP contribution < -0.4 is 15.5 Å². The molecule has 414 valence electrons. The number of carbonyl (C=O) groups excluding carboxylic acids is 2. The number of aryl methyl sites for hydroxylation is 3. The van der Waals surface area contributed by atoms with Gasteiger partial charge in [-0.05, 0) is 83.6 Å². The van der Waals surface area contributed by atoms with Gasteiger partial charge in [-0.25, -0.2) is 43.1 Å². The second kappa shape index (κ2) is 21.2. The molecule has 2 atom stereocenters. The molecule has 1 aliphatic carbocycles. The Bertz CT molecular complexity index is 3550. The first kappa shape index (κ1) is 52.1. The van der Waals surface area contributed by atoms with Crippen LogP contribution in [0.2, 0.25) is 0 Å². The Labute approximate surface area is 459 Å². The van der Waals surface area contributed by atoms with E-state index in [-0.39, 0.29) is 41.9 Å². The number of pyridine rings is 2. The molecule has 2 unspecified atom stereocenters. The van der Waals surface area contributed by atoms with Crippen LogP contribution in [0.4, 0.5) is 38.0 Å². The number of aromatic nitrogens is 14. The van der Waals surface area contributed by atoms with Crippen molar-refractivity contribution in [3.8, 4) is 11.6 Å². The van der Waals surface area contributed by atoms with Gasteiger partial charge in [-0.1, -0.05) is 12.1 Å². The highest BCUT2D eigenvalue weighted by Crippen LogP contribution is 2.43. The molecule has 4 N–H and O–H groups in total. The second-order valence-electron chi connectivity index (χ2n) is 21.3. The van der Waals surface area contributed by atoms with Crippen molar-refractivity contribution in [2.24, 2.45) is 0 Å². The third-order valence-corrected chi connectivity index (χ3v) is 15.9. The van der Waals surface area contributed by atoms with Crippen LogP contribution in [0.3, 0.4) is 0 Å². The second-order valence-corrected chi connectivity index (χ2v) is 21.3. The van der Waals surface area contributed by atoms with Gasteiger partial charge in [0.05, 0.1) is 43.9 Å². The normalized spacial score (nSPS) is 20.2. The van der Waals surface area contributed by atoms with Gasteiger partial charge < -0.3 is 34.8 Å². The molecule has 8 aromatic heterocycles. The molecule has 25 heteroatoms. The summed E-state index contributed by atoms with van der Waals surface area (Å²) < 4.78 is 44.5. The lowest BCUT2D eigenvalue weighted by molar-refractivity contribution is -0.181. The van der Waals surface area contributed by atoms with E-state index in [0.29, 0.717) is 124 Å². The zero-order valence-corrected chi connectivity index (χ0v) is 45.0. The number of morpholine rings is 2. The molecule has 3 saturated heterocycles. The van der Waals surface area contributed by atoms with E-state index in [0.717, 1.165) is 40.2 Å². The van der Waals surface area contributed by atoms with Crippen molar-refractivity contribution < 1.29 is 27.8 Å². The van der Waals surface area contributed by atoms with E-state index in [9.17, 15) is 14.0 Å². The third kappa shape index (κ3) is 10.4. The number of aromatic amines is 2. The van der Waals surface area contributed by atoms with Crippen LogP contribution in [0.15, 0.2) is 79.5 Å². The van der Waals surface area contributed by atoms with E-state index in [4.69, 9.17) is 29.4 Å². The molecule has 8 aromatic rings. The summed E-state index contributed by atoms with van der Waals surface area (Å²) >= 11 is 0. The fourth-order valence-corrected chi connectivity index (χ4v) is 11.4. The van der Waals surface area contributed by atoms with Gasteiger partial charge in [0.25, 0.3) is 11.8 Å². The van der Waals surface area contributed by atoms with Gasteiger partial charge in [0, 0.05) is 111 Å². The zero-order chi connectivity index (χ0) is 55.3. The number of H-pyrrole nitrogens is 2. The first-order valence-corrected chi connectivity index (χ1v) is 27.0. The minimum absolute atomic E-state index is 0.0276. The molecule has 23 nitrogen and oxygen atoms in total. The van der Waals surface area contributed by atoms with Crippen LogP contribution in [0, 0.1) is 32.4 Å². The molecule has 11 heterocycles. The number of rotatable bonds is 14. The van der Waals surface area contributed by atoms with Gasteiger partial charge in [0.2, 0.25) is 5.95 Å². The van der Waals surface area contributed by atoms with Crippen molar-refractivity contribution in [1.82, 2.24) is 79.7 Å². The Morgan fingerprint density at radius 1 is 0.675 bits per heavy atom. The van der Waals surface area contributed by atoms with E-state index in [1.165, 1.54) is 21.8 Å². The van der Waals surface area contributed by atoms with Crippen LogP contribution in [-0.2, 0) is 25.5 Å². The molecule has 80 heavy (non-hydrogen) atoms. The highest BCUT2D eigenvalue weighted by Gasteiger charge is 2.50. The van der Waals surface area contributed by atoms with E-state index in [2.05, 4.69) is 56.1 Å². The van der Waals surface area contributed by atoms with E-state index in [1.807, 2.05) is 74.8 Å². The fraction of sp³-hybridized carbons (Fsp3) is 0.418. The summed E-state index contributed by atoms with van der Waals surface area (Å²) in [6.45, 7) is 12.5. The van der Waals surface area contributed by atoms with Crippen molar-refractivity contribution in [1.29, 1.82) is 0 Å². The predicted molar refractivity (Wildman–Crippen MR) is 288 cm³/mol. The zero-order valence-electron chi connectivity index (χ0n) is 45.0. The smallest absolute Gasteiger partial charge is 0.255 e. The van der Waals surface area contributed by atoms with E-state index in [1.54, 1.807) is 30.6 Å². The highest BCUT2D eigenvalue weighted by atomic mass is 19.1. The molecule has 0 radical (unpaired) electrons. The first-order chi connectivity index (χ1) is 38.7. The number of ether oxygens (including phenoxy) is 2. The standard InChI is InChI=1S/C55H61F2N19O4/c1-32-22-44(63-46-24-34(3)67-69-46)65-50(61-32)37-10-12-54(13-11-37)51(77)73(18-20-79-54)35(4)39-7-9-49(59-28-39)76-31-42(57)43(71-76)25-41-26-47(70-68-41)64-45-23-33(2)62-53(66-45)72-16-14-55(15-17-72)52(78)74(19-21-80-55)36(5)38-6-8-48(58-27-38)75-30-40(56)29-60-75/h6-9,22-24,26-31,35-37H,10-21,25H2,1-5H3,(H2,61,63,65,67,69)(H2,62,64,66,68,70). The summed E-state index contributed by atoms with van der Waals surface area (Å²) in [5, 5.41) is 29.7. The number of hydrogen-bond acceptors (Lipinski definition) is 17. The summed E-state index contributed by atoms with van der Waals surface area (Å²) in [6, 6.07) is 14.2. The number of halogens is 2. The highest BCUT2D eigenvalue weighted by molar-refractivity contribution is 5.87. The third-order valence-electron chi connectivity index (χ3n) is 15.9. The molecule has 2 spiro atoms. The summed E-state index contributed by atoms with van der Waals surface area (Å²) in [4.78, 5) is 62.5. The average Bonchev–Trinajstić information content (AvgIpc) is 4.39. The monoisotopic (exact) mass is 1090 g/mol. The number of nitrogens with one attached hydrogen (secondary N) is 4. The van der Waals surface area contributed by atoms with Crippen LogP contribution >= 0.6 is 0 Å². The summed E-state index contributed by atoms with van der Waals surface area (Å²) in [5.41, 5.74) is 3.14. The lowest BCUT2D eigenvalue weighted by atomic mass is 9.76. The maximum Gasteiger partial charge on any atom is 0.255 e. The Morgan fingerprint density at radius 3 is 1.88 bits per heavy atom. The number of nitrogens with zero attached hydrogens (tertiary/aromatic N) is 15. The van der Waals surface area contributed by atoms with Gasteiger partial charge >= 0.3 is 0 Å². The molecule has 3 aliphatic heterocycles. The lowest BCUT2D eigenvalue weighted by Gasteiger charge is -2.47. The summed E-state index contributed by atoms with van der Waals surface area (Å²) in [6.07, 6.45) is 10.7. The molecule has 4 aliphatic rings. The minimum Gasteiger partial charge on any atom is -0.363 e. The maximum atomic E-state index is 15.5. The molecule has 4 fully saturated rings. The van der Waals surface area contributed by atoms with Crippen LogP contribution in [-0.4, -0.2) is 142 Å². The number of anilines is 5. The molecule has 1 saturated carbocycles. The van der Waals surface area contributed by atoms with Gasteiger partial charge in [-0.15, -0.1) is 0 Å². The van der Waals surface area contributed by atoms with Crippen molar-refractivity contribution >= 4 is 41.0 Å². The van der Waals surface area contributed by atoms with Crippen LogP contribution in [0.5, 0.6) is 0 Å². The fourth-order valence-electron chi connectivity index (χ4n) is 11.4. The van der Waals surface area contributed by atoms with Crippen molar-refractivity contribution in [3.63, 3.8) is 0 Å². The molecule has 2 amide bonds. The molecule has 12 rings (SSSR count). The summed E-state index contributed by atoms with van der Waals surface area (Å²) in [7, 11) is 0. The lowest BCUT2D eigenvalue weighted by Crippen LogP contribution is -2.61. The van der Waals surface area contributed by atoms with Crippen molar-refractivity contribution in [2.45, 2.75) is 109 Å². The van der Waals surface area contributed by atoms with Crippen LogP contribution in [0.1, 0.15) is 116 Å². The largest absolute Gasteiger partial charge is 0.363 e.